The zero-order valence-electron chi connectivity index (χ0n) is 27.1. The van der Waals surface area contributed by atoms with Crippen LogP contribution in [0.5, 0.6) is 0 Å². The lowest BCUT2D eigenvalue weighted by Gasteiger charge is -2.64. The van der Waals surface area contributed by atoms with E-state index >= 15 is 0 Å². The van der Waals surface area contributed by atoms with Gasteiger partial charge in [-0.1, -0.05) is 67.9 Å². The van der Waals surface area contributed by atoms with Crippen LogP contribution in [0.15, 0.2) is 11.6 Å². The van der Waals surface area contributed by atoms with Gasteiger partial charge in [-0.3, -0.25) is 9.59 Å². The highest BCUT2D eigenvalue weighted by Gasteiger charge is 2.66. The second kappa shape index (κ2) is 10.8. The van der Waals surface area contributed by atoms with E-state index in [1.165, 1.54) is 7.11 Å². The minimum atomic E-state index is -0.936. The molecule has 0 spiro atoms. The topological polar surface area (TPSA) is 96.6 Å². The monoisotopic (exact) mass is 557 g/mol. The van der Waals surface area contributed by atoms with Crippen LogP contribution in [0.4, 0.5) is 0 Å². The van der Waals surface area contributed by atoms with Gasteiger partial charge in [0, 0.05) is 11.8 Å². The minimum absolute atomic E-state index is 0.0113. The van der Waals surface area contributed by atoms with Crippen LogP contribution in [0, 0.1) is 55.7 Å². The molecule has 2 aliphatic carbocycles. The first-order valence-electron chi connectivity index (χ1n) is 15.4. The number of ketones is 1. The van der Waals surface area contributed by atoms with Crippen molar-refractivity contribution < 1.29 is 24.2 Å². The fourth-order valence-corrected chi connectivity index (χ4v) is 8.86. The van der Waals surface area contributed by atoms with Crippen LogP contribution in [0.25, 0.3) is 0 Å². The first-order valence-corrected chi connectivity index (χ1v) is 15.4. The van der Waals surface area contributed by atoms with Gasteiger partial charge in [0.2, 0.25) is 0 Å². The Morgan fingerprint density at radius 3 is 2.33 bits per heavy atom. The van der Waals surface area contributed by atoms with Gasteiger partial charge in [0.05, 0.1) is 24.2 Å². The number of methoxy groups -OCH3 is 1. The van der Waals surface area contributed by atoms with Crippen LogP contribution < -0.4 is 0 Å². The minimum Gasteiger partial charge on any atom is -0.469 e. The highest BCUT2D eigenvalue weighted by atomic mass is 16.6. The zero-order valence-corrected chi connectivity index (χ0v) is 27.1. The maximum atomic E-state index is 13.3. The summed E-state index contributed by atoms with van der Waals surface area (Å²) < 4.78 is 11.7. The third kappa shape index (κ3) is 5.19. The number of hydrogen-bond donors (Lipinski definition) is 1. The number of hydrogen-bond acceptors (Lipinski definition) is 6. The molecule has 2 unspecified atom stereocenters. The predicted octanol–water partition coefficient (Wildman–Crippen LogP) is 7.39. The summed E-state index contributed by atoms with van der Waals surface area (Å²) in [5.74, 6) is -0.199. The number of carbonyl (C=O) groups excluding carboxylic acids is 2. The van der Waals surface area contributed by atoms with Crippen molar-refractivity contribution in [1.29, 1.82) is 5.26 Å². The van der Waals surface area contributed by atoms with Crippen molar-refractivity contribution in [2.45, 2.75) is 133 Å². The summed E-state index contributed by atoms with van der Waals surface area (Å²) in [5, 5.41) is 21.1. The van der Waals surface area contributed by atoms with Gasteiger partial charge < -0.3 is 14.6 Å². The van der Waals surface area contributed by atoms with E-state index in [4.69, 9.17) is 9.47 Å². The van der Waals surface area contributed by atoms with E-state index in [-0.39, 0.29) is 51.5 Å². The highest BCUT2D eigenvalue weighted by molar-refractivity contribution is 6.04. The van der Waals surface area contributed by atoms with E-state index in [0.29, 0.717) is 12.8 Å². The summed E-state index contributed by atoms with van der Waals surface area (Å²) in [7, 11) is 1.48. The Kier molecular flexibility index (Phi) is 8.89. The molecule has 3 rings (SSSR count). The number of aliphatic hydroxyl groups is 1. The van der Waals surface area contributed by atoms with Crippen molar-refractivity contribution in [3.05, 3.63) is 11.6 Å². The maximum absolute atomic E-state index is 13.3. The number of nitrogens with zero attached hydrogens (tertiary/aromatic N) is 1. The molecule has 0 aromatic rings. The molecule has 2 fully saturated rings. The van der Waals surface area contributed by atoms with Crippen LogP contribution in [0.1, 0.15) is 121 Å². The first kappa shape index (κ1) is 32.8. The average molecular weight is 558 g/mol. The van der Waals surface area contributed by atoms with Crippen LogP contribution >= 0.6 is 0 Å². The Bertz CT molecular complexity index is 1070. The summed E-state index contributed by atoms with van der Waals surface area (Å²) in [4.78, 5) is 26.5. The molecule has 1 aliphatic heterocycles. The van der Waals surface area contributed by atoms with Crippen LogP contribution in [-0.2, 0) is 19.1 Å². The SMILES string of the molecule is CCC(C)(C)CC[C@@](C)(CC[C@]1(C)C(C)OC(O)C[C@@H]2[C@@]3(C)C=C(C#N)C(=O)C(C)(C)[C@@H]3CC[C@]21C)C(=O)OC. The van der Waals surface area contributed by atoms with Gasteiger partial charge in [-0.25, -0.2) is 0 Å². The second-order valence-corrected chi connectivity index (χ2v) is 15.6. The van der Waals surface area contributed by atoms with E-state index in [2.05, 4.69) is 54.5 Å². The van der Waals surface area contributed by atoms with Gasteiger partial charge in [-0.2, -0.15) is 5.26 Å². The average Bonchev–Trinajstić information content (AvgIpc) is 2.96. The van der Waals surface area contributed by atoms with Crippen molar-refractivity contribution in [3.8, 4) is 6.07 Å². The molecule has 3 aliphatic rings. The Morgan fingerprint density at radius 1 is 1.15 bits per heavy atom. The summed E-state index contributed by atoms with van der Waals surface area (Å²) in [6, 6.07) is 2.19. The van der Waals surface area contributed by atoms with Gasteiger partial charge in [0.1, 0.15) is 6.07 Å². The Hall–Kier alpha value is -1.71. The van der Waals surface area contributed by atoms with Crippen molar-refractivity contribution in [2.75, 3.05) is 7.11 Å². The number of Topliss-reactive ketones (excluding diaryl/α,β-unsaturated/α-hetero) is 1. The number of nitriles is 1. The smallest absolute Gasteiger partial charge is 0.311 e. The molecule has 1 N–H and O–H groups in total. The number of allylic oxidation sites excluding steroid dienone is 2. The molecule has 1 saturated heterocycles. The molecule has 0 aromatic carbocycles. The zero-order chi connectivity index (χ0) is 30.5. The van der Waals surface area contributed by atoms with Crippen molar-refractivity contribution in [1.82, 2.24) is 0 Å². The Morgan fingerprint density at radius 2 is 1.77 bits per heavy atom. The molecule has 40 heavy (non-hydrogen) atoms. The standard InChI is InChI=1S/C34H55NO5/c1-12-29(3,4)15-16-31(7,28(38)39-11)17-18-33(9)22(2)40-26(36)19-25-32(8)20-23(21-35)27(37)30(5,6)24(32)13-14-34(25,33)10/h20,22,24-26,36H,12-19H2,1-11H3/t22?,24-,25+,26?,31-,32-,33+,34+/m0/s1. The van der Waals surface area contributed by atoms with Crippen LogP contribution in [0.3, 0.4) is 0 Å². The van der Waals surface area contributed by atoms with Crippen molar-refractivity contribution in [3.63, 3.8) is 0 Å². The van der Waals surface area contributed by atoms with Gasteiger partial charge >= 0.3 is 5.97 Å². The van der Waals surface area contributed by atoms with Gasteiger partial charge in [-0.15, -0.1) is 0 Å². The number of esters is 1. The normalized spacial score (nSPS) is 39.1. The molecule has 0 aromatic heterocycles. The fraction of sp³-hybridized carbons (Fsp3) is 0.853. The van der Waals surface area contributed by atoms with Gasteiger partial charge in [0.15, 0.2) is 12.1 Å². The van der Waals surface area contributed by atoms with Crippen LogP contribution in [0.2, 0.25) is 0 Å². The number of carbonyl (C=O) groups is 2. The predicted molar refractivity (Wildman–Crippen MR) is 157 cm³/mol. The second-order valence-electron chi connectivity index (χ2n) is 15.6. The number of rotatable bonds is 8. The Labute approximate surface area is 243 Å². The molecule has 0 bridgehead atoms. The van der Waals surface area contributed by atoms with E-state index in [0.717, 1.165) is 38.5 Å². The van der Waals surface area contributed by atoms with Gasteiger partial charge in [-0.05, 0) is 85.9 Å². The first-order chi connectivity index (χ1) is 18.3. The number of ether oxygens (including phenoxy) is 2. The molecule has 0 radical (unpaired) electrons. The lowest BCUT2D eigenvalue weighted by Crippen LogP contribution is -2.61. The molecular formula is C34H55NO5. The van der Waals surface area contributed by atoms with Crippen molar-refractivity contribution in [2.24, 2.45) is 44.3 Å². The van der Waals surface area contributed by atoms with E-state index in [1.54, 1.807) is 0 Å². The molecular weight excluding hydrogens is 502 g/mol. The summed E-state index contributed by atoms with van der Waals surface area (Å²) >= 11 is 0. The van der Waals surface area contributed by atoms with Gasteiger partial charge in [0.25, 0.3) is 0 Å². The molecule has 6 nitrogen and oxygen atoms in total. The summed E-state index contributed by atoms with van der Waals surface area (Å²) in [5.41, 5.74) is -2.00. The fourth-order valence-electron chi connectivity index (χ4n) is 8.86. The molecule has 226 valence electrons. The Balaban J connectivity index is 2.08. The van der Waals surface area contributed by atoms with Crippen LogP contribution in [-0.4, -0.2) is 36.4 Å². The molecule has 6 heteroatoms. The van der Waals surface area contributed by atoms with E-state index < -0.39 is 22.5 Å². The molecule has 8 atom stereocenters. The van der Waals surface area contributed by atoms with E-state index in [1.807, 2.05) is 26.8 Å². The number of fused-ring (bicyclic) bond motifs is 3. The molecule has 1 heterocycles. The lowest BCUT2D eigenvalue weighted by atomic mass is 9.39. The summed E-state index contributed by atoms with van der Waals surface area (Å²) in [6.07, 6.45) is 7.06. The lowest BCUT2D eigenvalue weighted by molar-refractivity contribution is -0.176. The molecule has 0 amide bonds. The maximum Gasteiger partial charge on any atom is 0.311 e. The highest BCUT2D eigenvalue weighted by Crippen LogP contribution is 2.70. The number of aliphatic hydroxyl groups excluding tert-OH is 1. The van der Waals surface area contributed by atoms with E-state index in [9.17, 15) is 20.0 Å². The molecule has 1 saturated carbocycles. The largest absolute Gasteiger partial charge is 0.469 e. The van der Waals surface area contributed by atoms with Crippen molar-refractivity contribution >= 4 is 11.8 Å². The quantitative estimate of drug-likeness (QED) is 0.313. The third-order valence-corrected chi connectivity index (χ3v) is 12.7. The third-order valence-electron chi connectivity index (χ3n) is 12.7. The summed E-state index contributed by atoms with van der Waals surface area (Å²) in [6.45, 7) is 21.6.